The molecule has 0 atom stereocenters. The average molecular weight is 641 g/mol. The van der Waals surface area contributed by atoms with E-state index in [1.54, 1.807) is 23.3 Å². The largest absolute Gasteiger partial charge is 1.00 e. The number of benzene rings is 5. The van der Waals surface area contributed by atoms with Crippen LogP contribution in [0.5, 0.6) is 0 Å². The normalized spacial score (nSPS) is 10.2. The number of aryl methyl sites for hydroxylation is 1. The zero-order chi connectivity index (χ0) is 25.8. The first-order valence-electron chi connectivity index (χ1n) is 12.7. The first-order chi connectivity index (χ1) is 18.0. The summed E-state index contributed by atoms with van der Waals surface area (Å²) < 4.78 is 0. The summed E-state index contributed by atoms with van der Waals surface area (Å²) in [4.78, 5) is 0. The Hall–Kier alpha value is -2.48. The van der Waals surface area contributed by atoms with Crippen molar-refractivity contribution in [3.05, 3.63) is 133 Å². The molecule has 0 saturated heterocycles. The molecule has 0 aliphatic heterocycles. The van der Waals surface area contributed by atoms with E-state index in [9.17, 15) is 0 Å². The molecule has 0 heterocycles. The fraction of sp³-hybridized carbons (Fsp3) is 0.0857. The smallest absolute Gasteiger partial charge is 0.0250 e. The minimum absolute atomic E-state index is 0. The molecule has 39 heavy (non-hydrogen) atoms. The summed E-state index contributed by atoms with van der Waals surface area (Å²) in [6, 6.07) is 45.6. The number of fused-ring (bicyclic) bond motifs is 5. The van der Waals surface area contributed by atoms with E-state index in [-0.39, 0.29) is 30.2 Å². The van der Waals surface area contributed by atoms with Gasteiger partial charge in [-0.3, -0.25) is 0 Å². The van der Waals surface area contributed by atoms with Crippen LogP contribution in [-0.2, 0) is 23.3 Å². The summed E-state index contributed by atoms with van der Waals surface area (Å²) >= 11 is 1.74. The number of hydrogen-bond donors (Lipinski definition) is 0. The van der Waals surface area contributed by atoms with Gasteiger partial charge in [-0.05, 0) is 17.7 Å². The molecule has 0 spiro atoms. The molecule has 0 bridgehead atoms. The molecule has 7 rings (SSSR count). The van der Waals surface area contributed by atoms with Crippen molar-refractivity contribution in [1.82, 2.24) is 0 Å². The molecule has 0 radical (unpaired) electrons. The van der Waals surface area contributed by atoms with Crippen LogP contribution in [-0.4, -0.2) is 5.43 Å². The summed E-state index contributed by atoms with van der Waals surface area (Å²) in [5.41, 5.74) is 4.16. The monoisotopic (exact) mass is 638 g/mol. The van der Waals surface area contributed by atoms with Gasteiger partial charge in [0.2, 0.25) is 0 Å². The summed E-state index contributed by atoms with van der Waals surface area (Å²) in [5.74, 6) is 0. The van der Waals surface area contributed by atoms with E-state index in [1.807, 2.05) is 0 Å². The second kappa shape index (κ2) is 14.2. The Morgan fingerprint density at radius 1 is 0.538 bits per heavy atom. The van der Waals surface area contributed by atoms with E-state index in [2.05, 4.69) is 147 Å². The molecule has 0 unspecified atom stereocenters. The molecule has 7 aromatic carbocycles. The molecule has 0 aliphatic rings. The van der Waals surface area contributed by atoms with Crippen LogP contribution in [0.25, 0.3) is 54.2 Å². The summed E-state index contributed by atoms with van der Waals surface area (Å²) in [6.07, 6.45) is 0. The SMILES string of the molecule is C[Si](C)=[Zr+2].Cc1cc(-c2cc3ccccc3[cH-]2)c2ccccc2c1.[Cl-].[Cl-].c1ccc2c(c1)[cH-]c1ccccc12. The maximum atomic E-state index is 2.31. The van der Waals surface area contributed by atoms with Crippen LogP contribution in [0.2, 0.25) is 13.1 Å². The maximum Gasteiger partial charge on any atom is -0.0250 e. The minimum atomic E-state index is 0. The van der Waals surface area contributed by atoms with Gasteiger partial charge in [-0.15, -0.1) is 74.3 Å². The Morgan fingerprint density at radius 3 is 1.56 bits per heavy atom. The molecule has 4 heteroatoms. The fourth-order valence-corrected chi connectivity index (χ4v) is 4.91. The fourth-order valence-electron chi connectivity index (χ4n) is 4.91. The van der Waals surface area contributed by atoms with Gasteiger partial charge >= 0.3 is 41.9 Å². The van der Waals surface area contributed by atoms with Crippen LogP contribution in [0.15, 0.2) is 127 Å². The summed E-state index contributed by atoms with van der Waals surface area (Å²) in [5, 5.41) is 10.7. The predicted molar refractivity (Wildman–Crippen MR) is 162 cm³/mol. The van der Waals surface area contributed by atoms with Crippen molar-refractivity contribution >= 4 is 48.5 Å². The molecule has 194 valence electrons. The van der Waals surface area contributed by atoms with E-state index >= 15 is 0 Å². The van der Waals surface area contributed by atoms with Gasteiger partial charge in [-0.1, -0.05) is 102 Å². The van der Waals surface area contributed by atoms with Crippen molar-refractivity contribution < 1.29 is 48.1 Å². The van der Waals surface area contributed by atoms with Crippen LogP contribution in [0.1, 0.15) is 5.56 Å². The molecule has 7 aromatic rings. The summed E-state index contributed by atoms with van der Waals surface area (Å²) in [7, 11) is 0. The van der Waals surface area contributed by atoms with Crippen molar-refractivity contribution in [2.75, 3.05) is 0 Å². The Morgan fingerprint density at radius 2 is 1.00 bits per heavy atom. The molecule has 0 fully saturated rings. The Balaban J connectivity index is 0.000000192. The Labute approximate surface area is 259 Å². The zero-order valence-corrected chi connectivity index (χ0v) is 27.4. The van der Waals surface area contributed by atoms with E-state index in [1.165, 1.54) is 59.8 Å². The molecular formula is C35H30Cl2SiZr-2. The van der Waals surface area contributed by atoms with Crippen LogP contribution >= 0.6 is 0 Å². The first-order valence-corrected chi connectivity index (χ1v) is 18.9. The molecular weight excluding hydrogens is 611 g/mol. The third kappa shape index (κ3) is 7.38. The second-order valence-corrected chi connectivity index (χ2v) is 19.1. The van der Waals surface area contributed by atoms with Gasteiger partial charge in [0.15, 0.2) is 0 Å². The van der Waals surface area contributed by atoms with E-state index in [0.29, 0.717) is 0 Å². The topological polar surface area (TPSA) is 0 Å². The van der Waals surface area contributed by atoms with E-state index in [4.69, 9.17) is 0 Å². The molecule has 0 aromatic heterocycles. The van der Waals surface area contributed by atoms with Crippen molar-refractivity contribution in [3.8, 4) is 11.1 Å². The van der Waals surface area contributed by atoms with Crippen LogP contribution < -0.4 is 24.8 Å². The van der Waals surface area contributed by atoms with Crippen molar-refractivity contribution in [3.63, 3.8) is 0 Å². The average Bonchev–Trinajstić information content (AvgIpc) is 3.50. The number of hydrogen-bond acceptors (Lipinski definition) is 0. The molecule has 0 N–H and O–H groups in total. The van der Waals surface area contributed by atoms with Gasteiger partial charge < -0.3 is 24.8 Å². The van der Waals surface area contributed by atoms with Crippen molar-refractivity contribution in [2.24, 2.45) is 0 Å². The third-order valence-electron chi connectivity index (χ3n) is 6.46. The van der Waals surface area contributed by atoms with Gasteiger partial charge in [0, 0.05) is 0 Å². The van der Waals surface area contributed by atoms with Gasteiger partial charge in [0.1, 0.15) is 0 Å². The first kappa shape index (κ1) is 31.1. The summed E-state index contributed by atoms with van der Waals surface area (Å²) in [6.45, 7) is 6.78. The van der Waals surface area contributed by atoms with Crippen LogP contribution in [0.4, 0.5) is 0 Å². The second-order valence-electron chi connectivity index (χ2n) is 9.73. The Bertz CT molecular complexity index is 1760. The van der Waals surface area contributed by atoms with Crippen molar-refractivity contribution in [2.45, 2.75) is 20.0 Å². The number of rotatable bonds is 1. The zero-order valence-electron chi connectivity index (χ0n) is 22.4. The molecule has 0 aliphatic carbocycles. The quantitative estimate of drug-likeness (QED) is 0.187. The van der Waals surface area contributed by atoms with Gasteiger partial charge in [0.25, 0.3) is 0 Å². The molecule has 0 saturated carbocycles. The number of halogens is 2. The van der Waals surface area contributed by atoms with Crippen LogP contribution in [0.3, 0.4) is 0 Å². The predicted octanol–water partition coefficient (Wildman–Crippen LogP) is 4.19. The van der Waals surface area contributed by atoms with Gasteiger partial charge in [0.05, 0.1) is 0 Å². The van der Waals surface area contributed by atoms with Gasteiger partial charge in [-0.2, -0.15) is 0 Å². The molecule has 0 amide bonds. The minimum Gasteiger partial charge on any atom is -1.00 e. The Kier molecular flexibility index (Phi) is 11.3. The van der Waals surface area contributed by atoms with E-state index < -0.39 is 0 Å². The van der Waals surface area contributed by atoms with Crippen molar-refractivity contribution in [1.29, 1.82) is 0 Å². The standard InChI is InChI=1S/C20H15.C13H9.C2H6Si.2ClH.Zr/c1-14-10-17-8-4-5-9-19(17)20(11-14)18-12-15-6-2-3-7-16(15)13-18;1-3-7-12-10(5-1)9-11-6-2-4-8-13(11)12;1-3-2;;;/h2-13H,1H3;1-9H;1-2H3;2*1H;/q2*-1;;;;+2/p-2. The van der Waals surface area contributed by atoms with Gasteiger partial charge in [-0.25, -0.2) is 0 Å². The van der Waals surface area contributed by atoms with Crippen LogP contribution in [0, 0.1) is 6.92 Å². The molecule has 0 nitrogen and oxygen atoms in total. The maximum absolute atomic E-state index is 2.31. The third-order valence-corrected chi connectivity index (χ3v) is 6.46. The van der Waals surface area contributed by atoms with E-state index in [0.717, 1.165) is 0 Å².